The summed E-state index contributed by atoms with van der Waals surface area (Å²) in [6.45, 7) is 3.25. The molecule has 0 N–H and O–H groups in total. The minimum Gasteiger partial charge on any atom is -0.438 e. The van der Waals surface area contributed by atoms with Crippen LogP contribution in [0.15, 0.2) is 18.3 Å². The molecule has 0 aliphatic rings. The van der Waals surface area contributed by atoms with E-state index in [1.807, 2.05) is 6.07 Å². The third kappa shape index (κ3) is 3.28. The van der Waals surface area contributed by atoms with Crippen molar-refractivity contribution in [2.75, 3.05) is 0 Å². The fourth-order valence-corrected chi connectivity index (χ4v) is 2.02. The van der Waals surface area contributed by atoms with Crippen molar-refractivity contribution in [2.45, 2.75) is 20.0 Å². The first kappa shape index (κ1) is 16.0. The van der Waals surface area contributed by atoms with Gasteiger partial charge in [0.25, 0.3) is 0 Å². The number of aromatic nitrogens is 2. The Hall–Kier alpha value is -2.33. The van der Waals surface area contributed by atoms with Gasteiger partial charge in [-0.15, -0.1) is 0 Å². The second-order valence-corrected chi connectivity index (χ2v) is 4.85. The Morgan fingerprint density at radius 3 is 2.32 bits per heavy atom. The maximum absolute atomic E-state index is 13.0. The van der Waals surface area contributed by atoms with Crippen molar-refractivity contribution in [2.24, 2.45) is 0 Å². The van der Waals surface area contributed by atoms with Crippen LogP contribution in [-0.2, 0) is 6.18 Å². The molecule has 0 amide bonds. The Morgan fingerprint density at radius 1 is 1.23 bits per heavy atom. The summed E-state index contributed by atoms with van der Waals surface area (Å²) < 4.78 is 44.2. The molecule has 8 heteroatoms. The Labute approximate surface area is 129 Å². The Balaban J connectivity index is 2.53. The minimum atomic E-state index is -4.67. The van der Waals surface area contributed by atoms with Crippen LogP contribution in [0, 0.1) is 25.2 Å². The van der Waals surface area contributed by atoms with E-state index in [2.05, 4.69) is 9.97 Å². The summed E-state index contributed by atoms with van der Waals surface area (Å²) in [6.07, 6.45) is -4.10. The van der Waals surface area contributed by atoms with Crippen LogP contribution in [0.4, 0.5) is 13.2 Å². The van der Waals surface area contributed by atoms with E-state index in [-0.39, 0.29) is 11.0 Å². The summed E-state index contributed by atoms with van der Waals surface area (Å²) in [5.74, 6) is -0.484. The first-order valence-electron chi connectivity index (χ1n) is 6.01. The van der Waals surface area contributed by atoms with Gasteiger partial charge in [0.05, 0.1) is 11.6 Å². The molecule has 0 saturated carbocycles. The van der Waals surface area contributed by atoms with Crippen LogP contribution >= 0.6 is 11.6 Å². The fourth-order valence-electron chi connectivity index (χ4n) is 1.89. The van der Waals surface area contributed by atoms with Crippen molar-refractivity contribution in [3.05, 3.63) is 45.9 Å². The smallest absolute Gasteiger partial charge is 0.423 e. The zero-order chi connectivity index (χ0) is 16.5. The number of nitrogens with zero attached hydrogens (tertiary/aromatic N) is 3. The summed E-state index contributed by atoms with van der Waals surface area (Å²) in [5, 5.41) is 8.52. The van der Waals surface area contributed by atoms with Crippen LogP contribution in [0.25, 0.3) is 0 Å². The van der Waals surface area contributed by atoms with Crippen LogP contribution in [0.2, 0.25) is 5.28 Å². The predicted molar refractivity (Wildman–Crippen MR) is 72.7 cm³/mol. The summed E-state index contributed by atoms with van der Waals surface area (Å²) in [7, 11) is 0. The highest BCUT2D eigenvalue weighted by molar-refractivity contribution is 6.28. The molecule has 1 aromatic carbocycles. The van der Waals surface area contributed by atoms with Gasteiger partial charge in [-0.1, -0.05) is 0 Å². The summed E-state index contributed by atoms with van der Waals surface area (Å²) in [5.41, 5.74) is 0.290. The third-order valence-electron chi connectivity index (χ3n) is 2.82. The average molecular weight is 328 g/mol. The molecule has 0 unspecified atom stereocenters. The molecular formula is C14H9ClF3N3O. The fraction of sp³-hybridized carbons (Fsp3) is 0.214. The molecule has 0 spiro atoms. The molecule has 0 fully saturated rings. The molecule has 0 radical (unpaired) electrons. The van der Waals surface area contributed by atoms with Gasteiger partial charge in [0.2, 0.25) is 11.2 Å². The summed E-state index contributed by atoms with van der Waals surface area (Å²) in [4.78, 5) is 6.84. The molecule has 0 atom stereocenters. The maximum Gasteiger partial charge on any atom is 0.423 e. The number of ether oxygens (including phenoxy) is 1. The molecule has 1 aromatic heterocycles. The number of benzene rings is 1. The molecule has 1 heterocycles. The van der Waals surface area contributed by atoms with E-state index in [0.717, 1.165) is 0 Å². The van der Waals surface area contributed by atoms with Crippen LogP contribution in [0.3, 0.4) is 0 Å². The zero-order valence-corrected chi connectivity index (χ0v) is 12.2. The molecule has 0 aliphatic heterocycles. The van der Waals surface area contributed by atoms with Crippen LogP contribution < -0.4 is 4.74 Å². The van der Waals surface area contributed by atoms with E-state index in [1.165, 1.54) is 12.1 Å². The Bertz CT molecular complexity index is 746. The van der Waals surface area contributed by atoms with Gasteiger partial charge in [0.1, 0.15) is 11.3 Å². The topological polar surface area (TPSA) is 58.8 Å². The molecule has 0 saturated heterocycles. The normalized spacial score (nSPS) is 11.1. The highest BCUT2D eigenvalue weighted by Gasteiger charge is 2.36. The Kier molecular flexibility index (Phi) is 4.24. The van der Waals surface area contributed by atoms with Gasteiger partial charge in [-0.25, -0.2) is 4.98 Å². The molecule has 2 aromatic rings. The van der Waals surface area contributed by atoms with E-state index < -0.39 is 17.6 Å². The number of rotatable bonds is 2. The van der Waals surface area contributed by atoms with Gasteiger partial charge in [-0.2, -0.15) is 23.4 Å². The first-order chi connectivity index (χ1) is 10.2. The van der Waals surface area contributed by atoms with E-state index in [0.29, 0.717) is 22.9 Å². The molecular weight excluding hydrogens is 319 g/mol. The highest BCUT2D eigenvalue weighted by atomic mass is 35.5. The summed E-state index contributed by atoms with van der Waals surface area (Å²) >= 11 is 5.55. The third-order valence-corrected chi connectivity index (χ3v) is 3.00. The van der Waals surface area contributed by atoms with Gasteiger partial charge >= 0.3 is 6.18 Å². The Morgan fingerprint density at radius 2 is 1.82 bits per heavy atom. The minimum absolute atomic E-state index is 0.194. The maximum atomic E-state index is 13.0. The number of hydrogen-bond donors (Lipinski definition) is 0. The number of aryl methyl sites for hydroxylation is 2. The molecule has 114 valence electrons. The largest absolute Gasteiger partial charge is 0.438 e. The molecule has 0 aliphatic carbocycles. The monoisotopic (exact) mass is 327 g/mol. The van der Waals surface area contributed by atoms with Crippen LogP contribution in [0.5, 0.6) is 11.6 Å². The van der Waals surface area contributed by atoms with E-state index in [4.69, 9.17) is 21.6 Å². The lowest BCUT2D eigenvalue weighted by molar-refractivity contribution is -0.139. The van der Waals surface area contributed by atoms with Crippen LogP contribution in [-0.4, -0.2) is 9.97 Å². The van der Waals surface area contributed by atoms with Crippen molar-refractivity contribution in [1.82, 2.24) is 9.97 Å². The van der Waals surface area contributed by atoms with Gasteiger partial charge in [-0.3, -0.25) is 0 Å². The molecule has 0 bridgehead atoms. The number of halogens is 4. The number of hydrogen-bond acceptors (Lipinski definition) is 4. The number of nitriles is 1. The molecule has 2 rings (SSSR count). The lowest BCUT2D eigenvalue weighted by Gasteiger charge is -2.15. The average Bonchev–Trinajstić information content (AvgIpc) is 2.41. The standard InChI is InChI=1S/C14H9ClF3N3O/c1-7-3-9(5-19)4-8(2)11(7)22-12-10(14(16,17)18)6-20-13(15)21-12/h3-4,6H,1-2H3. The van der Waals surface area contributed by atoms with E-state index >= 15 is 0 Å². The second kappa shape index (κ2) is 5.81. The quantitative estimate of drug-likeness (QED) is 0.766. The SMILES string of the molecule is Cc1cc(C#N)cc(C)c1Oc1nc(Cl)ncc1C(F)(F)F. The van der Waals surface area contributed by atoms with Gasteiger partial charge in [-0.05, 0) is 48.7 Å². The highest BCUT2D eigenvalue weighted by Crippen LogP contribution is 2.38. The van der Waals surface area contributed by atoms with Crippen LogP contribution in [0.1, 0.15) is 22.3 Å². The second-order valence-electron chi connectivity index (χ2n) is 4.51. The van der Waals surface area contributed by atoms with Crippen molar-refractivity contribution < 1.29 is 17.9 Å². The summed E-state index contributed by atoms with van der Waals surface area (Å²) in [6, 6.07) is 4.99. The predicted octanol–water partition coefficient (Wildman–Crippen LogP) is 4.43. The van der Waals surface area contributed by atoms with Crippen molar-refractivity contribution in [3.63, 3.8) is 0 Å². The number of alkyl halides is 3. The zero-order valence-electron chi connectivity index (χ0n) is 11.5. The van der Waals surface area contributed by atoms with Gasteiger partial charge in [0.15, 0.2) is 0 Å². The lowest BCUT2D eigenvalue weighted by atomic mass is 10.1. The molecule has 4 nitrogen and oxygen atoms in total. The van der Waals surface area contributed by atoms with Gasteiger partial charge in [0, 0.05) is 6.20 Å². The molecule has 22 heavy (non-hydrogen) atoms. The van der Waals surface area contributed by atoms with Gasteiger partial charge < -0.3 is 4.74 Å². The van der Waals surface area contributed by atoms with Crippen molar-refractivity contribution >= 4 is 11.6 Å². The van der Waals surface area contributed by atoms with E-state index in [1.54, 1.807) is 13.8 Å². The van der Waals surface area contributed by atoms with Crippen molar-refractivity contribution in [1.29, 1.82) is 5.26 Å². The first-order valence-corrected chi connectivity index (χ1v) is 6.39. The van der Waals surface area contributed by atoms with Crippen molar-refractivity contribution in [3.8, 4) is 17.7 Å². The van der Waals surface area contributed by atoms with E-state index in [9.17, 15) is 13.2 Å². The lowest BCUT2D eigenvalue weighted by Crippen LogP contribution is -2.10.